The van der Waals surface area contributed by atoms with E-state index < -0.39 is 5.41 Å². The lowest BCUT2D eigenvalue weighted by Crippen LogP contribution is -2.40. The van der Waals surface area contributed by atoms with E-state index in [0.717, 1.165) is 29.9 Å². The van der Waals surface area contributed by atoms with E-state index in [4.69, 9.17) is 22.4 Å². The number of furan rings is 1. The smallest absolute Gasteiger partial charge is 0.233 e. The third-order valence-electron chi connectivity index (χ3n) is 3.55. The number of hydrogen-bond donors (Lipinski definition) is 2. The molecule has 2 rings (SSSR count). The van der Waals surface area contributed by atoms with Crippen molar-refractivity contribution in [3.63, 3.8) is 0 Å². The van der Waals surface area contributed by atoms with Gasteiger partial charge < -0.3 is 15.5 Å². The molecule has 1 unspecified atom stereocenters. The highest BCUT2D eigenvalue weighted by atomic mass is 32.1. The van der Waals surface area contributed by atoms with E-state index in [1.165, 1.54) is 0 Å². The predicted molar refractivity (Wildman–Crippen MR) is 73.2 cm³/mol. The van der Waals surface area contributed by atoms with Gasteiger partial charge in [0.25, 0.3) is 0 Å². The van der Waals surface area contributed by atoms with Gasteiger partial charge in [-0.15, -0.1) is 0 Å². The summed E-state index contributed by atoms with van der Waals surface area (Å²) in [6.45, 7) is 5.72. The molecule has 1 atom stereocenters. The Balaban J connectivity index is 2.08. The van der Waals surface area contributed by atoms with Crippen molar-refractivity contribution in [3.8, 4) is 0 Å². The van der Waals surface area contributed by atoms with Gasteiger partial charge in [-0.2, -0.15) is 0 Å². The van der Waals surface area contributed by atoms with Crippen molar-refractivity contribution in [2.45, 2.75) is 39.7 Å². The highest BCUT2D eigenvalue weighted by Crippen LogP contribution is 2.46. The molecule has 1 aromatic heterocycles. The molecule has 0 radical (unpaired) electrons. The summed E-state index contributed by atoms with van der Waals surface area (Å²) in [6.07, 6.45) is 1.51. The molecular weight excluding hydrogens is 248 g/mol. The molecule has 1 aliphatic rings. The first-order valence-corrected chi connectivity index (χ1v) is 6.45. The molecule has 0 aromatic carbocycles. The van der Waals surface area contributed by atoms with Crippen molar-refractivity contribution in [1.29, 1.82) is 0 Å². The van der Waals surface area contributed by atoms with E-state index in [1.54, 1.807) is 0 Å². The van der Waals surface area contributed by atoms with Gasteiger partial charge in [-0.1, -0.05) is 12.2 Å². The van der Waals surface area contributed by atoms with Gasteiger partial charge >= 0.3 is 0 Å². The molecule has 0 aliphatic heterocycles. The summed E-state index contributed by atoms with van der Waals surface area (Å²) < 4.78 is 5.46. The van der Waals surface area contributed by atoms with Crippen molar-refractivity contribution >= 4 is 23.1 Å². The van der Waals surface area contributed by atoms with E-state index in [2.05, 4.69) is 5.32 Å². The molecule has 0 spiro atoms. The summed E-state index contributed by atoms with van der Waals surface area (Å²) in [6, 6.07) is 1.85. The molecule has 0 saturated heterocycles. The van der Waals surface area contributed by atoms with Crippen LogP contribution in [0.1, 0.15) is 42.9 Å². The fraction of sp³-hybridized carbons (Fsp3) is 0.538. The van der Waals surface area contributed by atoms with Crippen molar-refractivity contribution < 1.29 is 9.21 Å². The molecule has 1 saturated carbocycles. The molecule has 1 fully saturated rings. The van der Waals surface area contributed by atoms with Crippen LogP contribution in [0.4, 0.5) is 0 Å². The highest BCUT2D eigenvalue weighted by molar-refractivity contribution is 7.80. The Morgan fingerprint density at radius 2 is 2.17 bits per heavy atom. The van der Waals surface area contributed by atoms with Crippen LogP contribution < -0.4 is 11.1 Å². The second-order valence-corrected chi connectivity index (χ2v) is 5.45. The van der Waals surface area contributed by atoms with Gasteiger partial charge in [-0.05, 0) is 39.7 Å². The SMILES string of the molecule is Cc1cc(C(C)NC(=O)C2(C(N)=S)CC2)c(C)o1. The van der Waals surface area contributed by atoms with Crippen LogP contribution in [-0.4, -0.2) is 10.9 Å². The van der Waals surface area contributed by atoms with Gasteiger partial charge in [0.2, 0.25) is 5.91 Å². The van der Waals surface area contributed by atoms with E-state index in [9.17, 15) is 4.79 Å². The molecular formula is C13H18N2O2S. The van der Waals surface area contributed by atoms with Crippen molar-refractivity contribution in [2.24, 2.45) is 11.1 Å². The van der Waals surface area contributed by atoms with E-state index in [1.807, 2.05) is 26.8 Å². The zero-order valence-corrected chi connectivity index (χ0v) is 11.7. The van der Waals surface area contributed by atoms with E-state index >= 15 is 0 Å². The Bertz CT molecular complexity index is 503. The molecule has 1 amide bonds. The van der Waals surface area contributed by atoms with Crippen LogP contribution in [0, 0.1) is 19.3 Å². The third-order valence-corrected chi connectivity index (χ3v) is 3.94. The average molecular weight is 266 g/mol. The summed E-state index contributed by atoms with van der Waals surface area (Å²) in [5.41, 5.74) is 6.03. The number of amides is 1. The maximum Gasteiger partial charge on any atom is 0.233 e. The lowest BCUT2D eigenvalue weighted by Gasteiger charge is -2.18. The monoisotopic (exact) mass is 266 g/mol. The van der Waals surface area contributed by atoms with Gasteiger partial charge in [-0.25, -0.2) is 0 Å². The number of hydrogen-bond acceptors (Lipinski definition) is 3. The number of carbonyl (C=O) groups excluding carboxylic acids is 1. The van der Waals surface area contributed by atoms with Gasteiger partial charge in [0.1, 0.15) is 11.5 Å². The minimum Gasteiger partial charge on any atom is -0.466 e. The molecule has 5 heteroatoms. The minimum absolute atomic E-state index is 0.0687. The molecule has 18 heavy (non-hydrogen) atoms. The first-order valence-electron chi connectivity index (χ1n) is 6.04. The molecule has 98 valence electrons. The average Bonchev–Trinajstić information content (AvgIpc) is 3.00. The van der Waals surface area contributed by atoms with Crippen LogP contribution in [0.25, 0.3) is 0 Å². The number of aryl methyl sites for hydroxylation is 2. The Kier molecular flexibility index (Phi) is 3.19. The van der Waals surface area contributed by atoms with Crippen molar-refractivity contribution in [3.05, 3.63) is 23.2 Å². The van der Waals surface area contributed by atoms with Gasteiger partial charge in [0.05, 0.1) is 16.4 Å². The van der Waals surface area contributed by atoms with E-state index in [-0.39, 0.29) is 11.9 Å². The first kappa shape index (κ1) is 13.1. The number of thiocarbonyl (C=S) groups is 1. The zero-order chi connectivity index (χ0) is 13.5. The van der Waals surface area contributed by atoms with Crippen LogP contribution in [0.3, 0.4) is 0 Å². The molecule has 3 N–H and O–H groups in total. The Morgan fingerprint density at radius 3 is 2.56 bits per heavy atom. The second-order valence-electron chi connectivity index (χ2n) is 5.01. The molecule has 4 nitrogen and oxygen atoms in total. The second kappa shape index (κ2) is 4.39. The van der Waals surface area contributed by atoms with Gasteiger partial charge in [-0.3, -0.25) is 4.79 Å². The maximum absolute atomic E-state index is 12.2. The Morgan fingerprint density at radius 1 is 1.56 bits per heavy atom. The fourth-order valence-corrected chi connectivity index (χ4v) is 2.50. The fourth-order valence-electron chi connectivity index (χ4n) is 2.20. The summed E-state index contributed by atoms with van der Waals surface area (Å²) in [5.74, 6) is 1.61. The quantitative estimate of drug-likeness (QED) is 0.819. The topological polar surface area (TPSA) is 68.3 Å². The maximum atomic E-state index is 12.2. The Labute approximate surface area is 112 Å². The largest absolute Gasteiger partial charge is 0.466 e. The summed E-state index contributed by atoms with van der Waals surface area (Å²) in [4.78, 5) is 12.5. The van der Waals surface area contributed by atoms with Gasteiger partial charge in [0, 0.05) is 5.56 Å². The van der Waals surface area contributed by atoms with Crippen molar-refractivity contribution in [2.75, 3.05) is 0 Å². The molecule has 1 heterocycles. The first-order chi connectivity index (χ1) is 8.36. The lowest BCUT2D eigenvalue weighted by molar-refractivity contribution is -0.124. The van der Waals surface area contributed by atoms with E-state index in [0.29, 0.717) is 4.99 Å². The normalized spacial score (nSPS) is 18.2. The highest BCUT2D eigenvalue weighted by Gasteiger charge is 2.53. The predicted octanol–water partition coefficient (Wildman–Crippen LogP) is 2.14. The third kappa shape index (κ3) is 2.14. The number of rotatable bonds is 4. The minimum atomic E-state index is -0.601. The summed E-state index contributed by atoms with van der Waals surface area (Å²) >= 11 is 4.97. The van der Waals surface area contributed by atoms with Crippen LogP contribution in [0.15, 0.2) is 10.5 Å². The van der Waals surface area contributed by atoms with Crippen molar-refractivity contribution in [1.82, 2.24) is 5.32 Å². The molecule has 1 aromatic rings. The van der Waals surface area contributed by atoms with Crippen LogP contribution >= 0.6 is 12.2 Å². The van der Waals surface area contributed by atoms with Crippen LogP contribution in [0.2, 0.25) is 0 Å². The molecule has 1 aliphatic carbocycles. The number of nitrogens with one attached hydrogen (secondary N) is 1. The van der Waals surface area contributed by atoms with Crippen LogP contribution in [0.5, 0.6) is 0 Å². The molecule has 0 bridgehead atoms. The lowest BCUT2D eigenvalue weighted by atomic mass is 10.0. The van der Waals surface area contributed by atoms with Crippen LogP contribution in [-0.2, 0) is 4.79 Å². The van der Waals surface area contributed by atoms with Gasteiger partial charge in [0.15, 0.2) is 0 Å². The summed E-state index contributed by atoms with van der Waals surface area (Å²) in [5, 5.41) is 2.97. The Hall–Kier alpha value is -1.36. The summed E-state index contributed by atoms with van der Waals surface area (Å²) in [7, 11) is 0. The number of nitrogens with two attached hydrogens (primary N) is 1. The standard InChI is InChI=1S/C13H18N2O2S/c1-7-6-10(9(3)17-7)8(2)15-12(16)13(4-5-13)11(14)18/h6,8H,4-5H2,1-3H3,(H2,14,18)(H,15,16). The number of carbonyl (C=O) groups is 1. The zero-order valence-electron chi connectivity index (χ0n) is 10.9.